The lowest BCUT2D eigenvalue weighted by Gasteiger charge is -2.26. The highest BCUT2D eigenvalue weighted by Crippen LogP contribution is 2.38. The molecule has 3 heterocycles. The second-order valence-corrected chi connectivity index (χ2v) is 9.43. The van der Waals surface area contributed by atoms with Gasteiger partial charge in [-0.05, 0) is 36.6 Å². The van der Waals surface area contributed by atoms with E-state index in [1.165, 1.54) is 16.0 Å². The SMILES string of the molecule is C[C@@H](Nc1ncnc2sc3c(c12)CCN(C(=O)/C=C/CNc1ccccc1)C3)c1ccccc1. The number of carbonyl (C=O) groups excluding carboxylic acids is 1. The van der Waals surface area contributed by atoms with Crippen LogP contribution in [0.25, 0.3) is 10.2 Å². The molecule has 0 unspecified atom stereocenters. The van der Waals surface area contributed by atoms with Gasteiger partial charge in [-0.15, -0.1) is 11.3 Å². The summed E-state index contributed by atoms with van der Waals surface area (Å²) in [5.74, 6) is 0.908. The third-order valence-corrected chi connectivity index (χ3v) is 7.18. The van der Waals surface area contributed by atoms with E-state index >= 15 is 0 Å². The van der Waals surface area contributed by atoms with E-state index in [4.69, 9.17) is 0 Å². The van der Waals surface area contributed by atoms with Crippen LogP contribution in [0.4, 0.5) is 11.5 Å². The van der Waals surface area contributed by atoms with E-state index in [-0.39, 0.29) is 11.9 Å². The molecule has 2 N–H and O–H groups in total. The summed E-state index contributed by atoms with van der Waals surface area (Å²) in [6, 6.07) is 20.5. The van der Waals surface area contributed by atoms with Crippen molar-refractivity contribution in [2.24, 2.45) is 0 Å². The molecule has 0 saturated carbocycles. The molecule has 0 saturated heterocycles. The molecule has 1 amide bonds. The van der Waals surface area contributed by atoms with E-state index in [1.54, 1.807) is 23.7 Å². The lowest BCUT2D eigenvalue weighted by molar-refractivity contribution is -0.126. The number of fused-ring (bicyclic) bond motifs is 3. The first-order valence-electron chi connectivity index (χ1n) is 11.5. The van der Waals surface area contributed by atoms with E-state index in [9.17, 15) is 4.79 Å². The Balaban J connectivity index is 1.27. The summed E-state index contributed by atoms with van der Waals surface area (Å²) in [5.41, 5.74) is 3.52. The minimum atomic E-state index is 0.0418. The first kappa shape index (κ1) is 22.1. The predicted molar refractivity (Wildman–Crippen MR) is 139 cm³/mol. The molecule has 7 heteroatoms. The van der Waals surface area contributed by atoms with Crippen molar-refractivity contribution in [2.45, 2.75) is 25.9 Å². The van der Waals surface area contributed by atoms with Crippen LogP contribution in [0.3, 0.4) is 0 Å². The summed E-state index contributed by atoms with van der Waals surface area (Å²) in [5, 5.41) is 7.97. The summed E-state index contributed by atoms with van der Waals surface area (Å²) in [6.45, 7) is 4.06. The quantitative estimate of drug-likeness (QED) is 0.354. The Morgan fingerprint density at radius 3 is 2.68 bits per heavy atom. The van der Waals surface area contributed by atoms with E-state index in [2.05, 4.69) is 39.7 Å². The van der Waals surface area contributed by atoms with Gasteiger partial charge < -0.3 is 15.5 Å². The largest absolute Gasteiger partial charge is 0.382 e. The van der Waals surface area contributed by atoms with Crippen LogP contribution in [-0.2, 0) is 17.8 Å². The molecule has 1 aliphatic rings. The predicted octanol–water partition coefficient (Wildman–Crippen LogP) is 5.42. The minimum absolute atomic E-state index is 0.0418. The first-order chi connectivity index (χ1) is 16.7. The molecule has 2 aromatic carbocycles. The fourth-order valence-electron chi connectivity index (χ4n) is 4.25. The van der Waals surface area contributed by atoms with Gasteiger partial charge >= 0.3 is 0 Å². The van der Waals surface area contributed by atoms with Gasteiger partial charge in [-0.3, -0.25) is 4.79 Å². The van der Waals surface area contributed by atoms with Crippen LogP contribution in [0.1, 0.15) is 29.0 Å². The molecule has 0 fully saturated rings. The lowest BCUT2D eigenvalue weighted by atomic mass is 10.0. The number of aromatic nitrogens is 2. The van der Waals surface area contributed by atoms with Gasteiger partial charge in [-0.2, -0.15) is 0 Å². The molecule has 0 radical (unpaired) electrons. The van der Waals surface area contributed by atoms with Crippen LogP contribution in [-0.4, -0.2) is 33.9 Å². The van der Waals surface area contributed by atoms with Crippen molar-refractivity contribution in [1.29, 1.82) is 0 Å². The minimum Gasteiger partial charge on any atom is -0.382 e. The van der Waals surface area contributed by atoms with E-state index in [1.807, 2.05) is 59.5 Å². The number of amides is 1. The van der Waals surface area contributed by atoms with Crippen molar-refractivity contribution in [3.05, 3.63) is 95.1 Å². The fourth-order valence-corrected chi connectivity index (χ4v) is 5.46. The molecule has 4 aromatic rings. The zero-order valence-corrected chi connectivity index (χ0v) is 19.9. The molecule has 6 nitrogen and oxygen atoms in total. The number of carbonyl (C=O) groups is 1. The summed E-state index contributed by atoms with van der Waals surface area (Å²) >= 11 is 1.66. The Kier molecular flexibility index (Phi) is 6.53. The van der Waals surface area contributed by atoms with Crippen molar-refractivity contribution in [2.75, 3.05) is 23.7 Å². The van der Waals surface area contributed by atoms with Gasteiger partial charge in [0, 0.05) is 35.8 Å². The smallest absolute Gasteiger partial charge is 0.246 e. The second kappa shape index (κ2) is 10.1. The average molecular weight is 470 g/mol. The Labute approximate surface area is 203 Å². The lowest BCUT2D eigenvalue weighted by Crippen LogP contribution is -2.34. The Morgan fingerprint density at radius 1 is 1.12 bits per heavy atom. The topological polar surface area (TPSA) is 70.2 Å². The van der Waals surface area contributed by atoms with Crippen LogP contribution in [0.2, 0.25) is 0 Å². The Morgan fingerprint density at radius 2 is 1.88 bits per heavy atom. The number of nitrogens with zero attached hydrogens (tertiary/aromatic N) is 3. The second-order valence-electron chi connectivity index (χ2n) is 8.34. The van der Waals surface area contributed by atoms with Crippen LogP contribution < -0.4 is 10.6 Å². The fraction of sp³-hybridized carbons (Fsp3) is 0.222. The Bertz CT molecular complexity index is 1300. The van der Waals surface area contributed by atoms with E-state index < -0.39 is 0 Å². The number of rotatable bonds is 7. The van der Waals surface area contributed by atoms with Crippen LogP contribution in [0.15, 0.2) is 79.1 Å². The van der Waals surface area contributed by atoms with E-state index in [0.717, 1.165) is 28.1 Å². The van der Waals surface area contributed by atoms with Gasteiger partial charge in [0.2, 0.25) is 5.91 Å². The van der Waals surface area contributed by atoms with Crippen LogP contribution in [0.5, 0.6) is 0 Å². The maximum absolute atomic E-state index is 12.8. The molecular weight excluding hydrogens is 442 g/mol. The number of benzene rings is 2. The molecule has 0 aliphatic carbocycles. The van der Waals surface area contributed by atoms with Crippen LogP contribution in [0, 0.1) is 0 Å². The molecule has 2 aromatic heterocycles. The number of hydrogen-bond donors (Lipinski definition) is 2. The molecule has 34 heavy (non-hydrogen) atoms. The summed E-state index contributed by atoms with van der Waals surface area (Å²) in [4.78, 5) is 25.9. The molecular formula is C27H27N5OS. The standard InChI is InChI=1S/C27H27N5OS/c1-19(20-9-4-2-5-10-20)31-26-25-22-14-16-32(17-23(22)34-27(25)30-18-29-26)24(33)13-8-15-28-21-11-6-3-7-12-21/h2-13,18-19,28H,14-17H2,1H3,(H,29,30,31)/b13-8+/t19-/m1/s1. The van der Waals surface area contributed by atoms with Crippen molar-refractivity contribution in [1.82, 2.24) is 14.9 Å². The zero-order valence-electron chi connectivity index (χ0n) is 19.1. The molecule has 0 bridgehead atoms. The van der Waals surface area contributed by atoms with Gasteiger partial charge in [0.05, 0.1) is 11.9 Å². The molecule has 1 atom stereocenters. The van der Waals surface area contributed by atoms with Crippen molar-refractivity contribution >= 4 is 39.0 Å². The summed E-state index contributed by atoms with van der Waals surface area (Å²) in [7, 11) is 0. The third kappa shape index (κ3) is 4.79. The van der Waals surface area contributed by atoms with Gasteiger partial charge in [0.1, 0.15) is 17.0 Å². The molecule has 0 spiro atoms. The number of nitrogens with one attached hydrogen (secondary N) is 2. The summed E-state index contributed by atoms with van der Waals surface area (Å²) < 4.78 is 0. The number of anilines is 2. The first-order valence-corrected chi connectivity index (χ1v) is 12.3. The highest BCUT2D eigenvalue weighted by molar-refractivity contribution is 7.19. The third-order valence-electron chi connectivity index (χ3n) is 6.06. The number of thiophene rings is 1. The monoisotopic (exact) mass is 469 g/mol. The van der Waals surface area contributed by atoms with Crippen molar-refractivity contribution in [3.8, 4) is 0 Å². The zero-order chi connectivity index (χ0) is 23.3. The van der Waals surface area contributed by atoms with Crippen LogP contribution >= 0.6 is 11.3 Å². The maximum atomic E-state index is 12.8. The van der Waals surface area contributed by atoms with Gasteiger partial charge in [-0.25, -0.2) is 9.97 Å². The number of para-hydroxylation sites is 1. The highest BCUT2D eigenvalue weighted by Gasteiger charge is 2.25. The molecule has 1 aliphatic heterocycles. The number of hydrogen-bond acceptors (Lipinski definition) is 6. The maximum Gasteiger partial charge on any atom is 0.246 e. The highest BCUT2D eigenvalue weighted by atomic mass is 32.1. The summed E-state index contributed by atoms with van der Waals surface area (Å²) in [6.07, 6.45) is 5.98. The molecule has 172 valence electrons. The van der Waals surface area contributed by atoms with E-state index in [0.29, 0.717) is 19.6 Å². The Hall–Kier alpha value is -3.71. The van der Waals surface area contributed by atoms with Gasteiger partial charge in [-0.1, -0.05) is 54.6 Å². The normalized spacial score (nSPS) is 14.2. The van der Waals surface area contributed by atoms with Gasteiger partial charge in [0.15, 0.2) is 0 Å². The van der Waals surface area contributed by atoms with Crippen molar-refractivity contribution in [3.63, 3.8) is 0 Å². The van der Waals surface area contributed by atoms with Crippen molar-refractivity contribution < 1.29 is 4.79 Å². The van der Waals surface area contributed by atoms with Gasteiger partial charge in [0.25, 0.3) is 0 Å². The molecule has 5 rings (SSSR count). The average Bonchev–Trinajstić information content (AvgIpc) is 3.26.